The fourth-order valence-electron chi connectivity index (χ4n) is 1.63. The van der Waals surface area contributed by atoms with Crippen LogP contribution in [0.3, 0.4) is 0 Å². The molecule has 4 heteroatoms. The zero-order chi connectivity index (χ0) is 12.4. The molecule has 1 nitrogen and oxygen atoms in total. The van der Waals surface area contributed by atoms with Gasteiger partial charge in [-0.2, -0.15) is 0 Å². The van der Waals surface area contributed by atoms with Crippen LogP contribution in [0, 0.1) is 9.39 Å². The molecule has 0 heterocycles. The van der Waals surface area contributed by atoms with Gasteiger partial charge in [0.2, 0.25) is 0 Å². The van der Waals surface area contributed by atoms with Gasteiger partial charge in [-0.3, -0.25) is 0 Å². The highest BCUT2D eigenvalue weighted by Gasteiger charge is 2.12. The minimum atomic E-state index is -0.291. The third-order valence-corrected chi connectivity index (χ3v) is 3.67. The standard InChI is InChI=1S/C13H10ClFIN/c14-9-3-1-2-8(6-9)13(17)11-5-4-10(15)7-12(11)16/h1-7,13H,17H2. The summed E-state index contributed by atoms with van der Waals surface area (Å²) in [5, 5.41) is 0.648. The minimum absolute atomic E-state index is 0.253. The van der Waals surface area contributed by atoms with Crippen LogP contribution >= 0.6 is 34.2 Å². The zero-order valence-electron chi connectivity index (χ0n) is 8.83. The number of nitrogens with two attached hydrogens (primary N) is 1. The third kappa shape index (κ3) is 2.97. The molecular weight excluding hydrogens is 352 g/mol. The van der Waals surface area contributed by atoms with E-state index >= 15 is 0 Å². The Kier molecular flexibility index (Phi) is 4.01. The topological polar surface area (TPSA) is 26.0 Å². The molecule has 2 aromatic rings. The summed E-state index contributed by atoms with van der Waals surface area (Å²) in [7, 11) is 0. The molecule has 0 saturated heterocycles. The van der Waals surface area contributed by atoms with Crippen LogP contribution in [0.4, 0.5) is 4.39 Å². The molecule has 0 amide bonds. The third-order valence-electron chi connectivity index (χ3n) is 2.51. The van der Waals surface area contributed by atoms with E-state index in [1.54, 1.807) is 12.1 Å². The number of hydrogen-bond acceptors (Lipinski definition) is 1. The molecule has 0 bridgehead atoms. The lowest BCUT2D eigenvalue weighted by molar-refractivity contribution is 0.625. The van der Waals surface area contributed by atoms with E-state index < -0.39 is 0 Å². The SMILES string of the molecule is NC(c1cccc(Cl)c1)c1ccc(F)cc1I. The van der Waals surface area contributed by atoms with Crippen LogP contribution in [0.2, 0.25) is 5.02 Å². The van der Waals surface area contributed by atoms with E-state index in [4.69, 9.17) is 17.3 Å². The maximum atomic E-state index is 13.0. The molecular formula is C13H10ClFIN. The summed E-state index contributed by atoms with van der Waals surface area (Å²) in [4.78, 5) is 0. The van der Waals surface area contributed by atoms with Crippen LogP contribution in [-0.2, 0) is 0 Å². The van der Waals surface area contributed by atoms with E-state index in [2.05, 4.69) is 22.6 Å². The normalized spacial score (nSPS) is 12.5. The Balaban J connectivity index is 2.40. The van der Waals surface area contributed by atoms with Crippen molar-refractivity contribution in [2.24, 2.45) is 5.73 Å². The van der Waals surface area contributed by atoms with Gasteiger partial charge in [0.1, 0.15) is 5.82 Å². The molecule has 0 spiro atoms. The van der Waals surface area contributed by atoms with Crippen molar-refractivity contribution < 1.29 is 4.39 Å². The van der Waals surface area contributed by atoms with Gasteiger partial charge in [-0.05, 0) is 58.0 Å². The van der Waals surface area contributed by atoms with Gasteiger partial charge < -0.3 is 5.73 Å². The molecule has 0 fully saturated rings. The van der Waals surface area contributed by atoms with Crippen LogP contribution in [0.25, 0.3) is 0 Å². The molecule has 1 unspecified atom stereocenters. The van der Waals surface area contributed by atoms with E-state index in [0.29, 0.717) is 5.02 Å². The summed E-state index contributed by atoms with van der Waals surface area (Å²) in [6.45, 7) is 0. The largest absolute Gasteiger partial charge is 0.320 e. The fraction of sp³-hybridized carbons (Fsp3) is 0.0769. The smallest absolute Gasteiger partial charge is 0.124 e. The Morgan fingerprint density at radius 3 is 2.59 bits per heavy atom. The van der Waals surface area contributed by atoms with Gasteiger partial charge in [0.15, 0.2) is 0 Å². The number of rotatable bonds is 2. The average Bonchev–Trinajstić information content (AvgIpc) is 2.28. The molecule has 1 atom stereocenters. The highest BCUT2D eigenvalue weighted by Crippen LogP contribution is 2.26. The molecule has 0 radical (unpaired) electrons. The molecule has 0 aliphatic carbocycles. The van der Waals surface area contributed by atoms with Crippen LogP contribution in [0.1, 0.15) is 17.2 Å². The van der Waals surface area contributed by atoms with Crippen molar-refractivity contribution in [2.75, 3.05) is 0 Å². The Bertz CT molecular complexity index is 545. The maximum absolute atomic E-state index is 13.0. The molecule has 2 N–H and O–H groups in total. The minimum Gasteiger partial charge on any atom is -0.320 e. The van der Waals surface area contributed by atoms with Crippen molar-refractivity contribution in [3.05, 3.63) is 68.0 Å². The lowest BCUT2D eigenvalue weighted by atomic mass is 10.00. The van der Waals surface area contributed by atoms with Gasteiger partial charge in [-0.1, -0.05) is 29.8 Å². The lowest BCUT2D eigenvalue weighted by Gasteiger charge is -2.14. The Hall–Kier alpha value is -0.650. The van der Waals surface area contributed by atoms with Gasteiger partial charge >= 0.3 is 0 Å². The molecule has 88 valence electrons. The Labute approximate surface area is 118 Å². The lowest BCUT2D eigenvalue weighted by Crippen LogP contribution is -2.13. The zero-order valence-corrected chi connectivity index (χ0v) is 11.7. The highest BCUT2D eigenvalue weighted by molar-refractivity contribution is 14.1. The summed E-state index contributed by atoms with van der Waals surface area (Å²) in [6, 6.07) is 11.7. The fourth-order valence-corrected chi connectivity index (χ4v) is 2.64. The van der Waals surface area contributed by atoms with E-state index in [-0.39, 0.29) is 11.9 Å². The van der Waals surface area contributed by atoms with Crippen LogP contribution in [0.5, 0.6) is 0 Å². The predicted molar refractivity (Wildman–Crippen MR) is 76.6 cm³/mol. The molecule has 17 heavy (non-hydrogen) atoms. The van der Waals surface area contributed by atoms with E-state index in [9.17, 15) is 4.39 Å². The second-order valence-corrected chi connectivity index (χ2v) is 5.30. The van der Waals surface area contributed by atoms with Gasteiger partial charge in [0, 0.05) is 8.59 Å². The van der Waals surface area contributed by atoms with Gasteiger partial charge in [-0.15, -0.1) is 0 Å². The van der Waals surface area contributed by atoms with Crippen molar-refractivity contribution in [1.82, 2.24) is 0 Å². The van der Waals surface area contributed by atoms with Crippen LogP contribution in [-0.4, -0.2) is 0 Å². The average molecular weight is 362 g/mol. The summed E-state index contributed by atoms with van der Waals surface area (Å²) in [5.41, 5.74) is 7.97. The van der Waals surface area contributed by atoms with E-state index in [1.165, 1.54) is 12.1 Å². The predicted octanol–water partition coefficient (Wildman–Crippen LogP) is 4.13. The van der Waals surface area contributed by atoms with E-state index in [1.807, 2.05) is 18.2 Å². The second kappa shape index (κ2) is 5.33. The van der Waals surface area contributed by atoms with Crippen LogP contribution < -0.4 is 5.73 Å². The summed E-state index contributed by atoms with van der Waals surface area (Å²) < 4.78 is 13.8. The molecule has 0 saturated carbocycles. The Morgan fingerprint density at radius 2 is 1.94 bits per heavy atom. The molecule has 0 aromatic heterocycles. The maximum Gasteiger partial charge on any atom is 0.124 e. The number of halogens is 3. The molecule has 0 aliphatic heterocycles. The highest BCUT2D eigenvalue weighted by atomic mass is 127. The first kappa shape index (κ1) is 12.8. The van der Waals surface area contributed by atoms with Crippen LogP contribution in [0.15, 0.2) is 42.5 Å². The second-order valence-electron chi connectivity index (χ2n) is 3.70. The van der Waals surface area contributed by atoms with Crippen molar-refractivity contribution >= 4 is 34.2 Å². The van der Waals surface area contributed by atoms with Gasteiger partial charge in [-0.25, -0.2) is 4.39 Å². The van der Waals surface area contributed by atoms with Gasteiger partial charge in [0.05, 0.1) is 6.04 Å². The van der Waals surface area contributed by atoms with Crippen molar-refractivity contribution in [3.63, 3.8) is 0 Å². The first-order valence-corrected chi connectivity index (χ1v) is 6.49. The monoisotopic (exact) mass is 361 g/mol. The number of hydrogen-bond donors (Lipinski definition) is 1. The molecule has 2 aromatic carbocycles. The quantitative estimate of drug-likeness (QED) is 0.800. The van der Waals surface area contributed by atoms with Crippen molar-refractivity contribution in [1.29, 1.82) is 0 Å². The summed E-state index contributed by atoms with van der Waals surface area (Å²) in [5.74, 6) is -0.253. The van der Waals surface area contributed by atoms with Crippen molar-refractivity contribution in [2.45, 2.75) is 6.04 Å². The van der Waals surface area contributed by atoms with Gasteiger partial charge in [0.25, 0.3) is 0 Å². The van der Waals surface area contributed by atoms with Crippen molar-refractivity contribution in [3.8, 4) is 0 Å². The van der Waals surface area contributed by atoms with E-state index in [0.717, 1.165) is 14.7 Å². The summed E-state index contributed by atoms with van der Waals surface area (Å²) in [6.07, 6.45) is 0. The molecule has 0 aliphatic rings. The number of benzene rings is 2. The summed E-state index contributed by atoms with van der Waals surface area (Å²) >= 11 is 8.01. The Morgan fingerprint density at radius 1 is 1.18 bits per heavy atom. The first-order chi connectivity index (χ1) is 8.08. The first-order valence-electron chi connectivity index (χ1n) is 5.04. The molecule has 2 rings (SSSR count).